The van der Waals surface area contributed by atoms with Crippen LogP contribution in [-0.2, 0) is 6.54 Å². The third-order valence-electron chi connectivity index (χ3n) is 2.25. The smallest absolute Gasteiger partial charge is 0.123 e. The summed E-state index contributed by atoms with van der Waals surface area (Å²) in [5, 5.41) is 3.21. The van der Waals surface area contributed by atoms with E-state index in [-0.39, 0.29) is 5.82 Å². The maximum atomic E-state index is 13.1. The van der Waals surface area contributed by atoms with E-state index in [1.807, 2.05) is 6.07 Å². The van der Waals surface area contributed by atoms with Gasteiger partial charge in [0.15, 0.2) is 0 Å². The molecular formula is C12H9Br2FN2. The van der Waals surface area contributed by atoms with Gasteiger partial charge in [0.05, 0.1) is 10.2 Å². The van der Waals surface area contributed by atoms with Crippen LogP contribution in [0.3, 0.4) is 0 Å². The van der Waals surface area contributed by atoms with Crippen LogP contribution in [0.2, 0.25) is 0 Å². The monoisotopic (exact) mass is 358 g/mol. The summed E-state index contributed by atoms with van der Waals surface area (Å²) in [5.41, 5.74) is 1.80. The van der Waals surface area contributed by atoms with Crippen LogP contribution in [0.4, 0.5) is 10.1 Å². The fraction of sp³-hybridized carbons (Fsp3) is 0.0833. The summed E-state index contributed by atoms with van der Waals surface area (Å²) in [6.45, 7) is 0.543. The van der Waals surface area contributed by atoms with E-state index < -0.39 is 0 Å². The van der Waals surface area contributed by atoms with E-state index in [4.69, 9.17) is 0 Å². The molecule has 0 bridgehead atoms. The zero-order valence-electron chi connectivity index (χ0n) is 8.75. The molecule has 1 heterocycles. The molecule has 5 heteroatoms. The minimum Gasteiger partial charge on any atom is -0.380 e. The molecule has 0 aliphatic rings. The molecule has 2 rings (SSSR count). The van der Waals surface area contributed by atoms with Crippen molar-refractivity contribution in [1.82, 2.24) is 4.98 Å². The molecule has 0 spiro atoms. The number of halogens is 3. The number of aromatic nitrogens is 1. The van der Waals surface area contributed by atoms with Gasteiger partial charge in [0, 0.05) is 23.4 Å². The third kappa shape index (κ3) is 3.26. The van der Waals surface area contributed by atoms with Crippen molar-refractivity contribution in [2.45, 2.75) is 6.54 Å². The van der Waals surface area contributed by atoms with E-state index >= 15 is 0 Å². The molecule has 0 aliphatic carbocycles. The first-order chi connectivity index (χ1) is 8.16. The van der Waals surface area contributed by atoms with Gasteiger partial charge >= 0.3 is 0 Å². The Bertz CT molecular complexity index is 532. The standard InChI is InChI=1S/C12H9Br2FN2/c13-10-2-1-9(15)5-8(10)6-17-12-3-4-16-7-11(12)14/h1-5,7H,6H2,(H,16,17). The molecule has 0 saturated carbocycles. The normalized spacial score (nSPS) is 10.3. The van der Waals surface area contributed by atoms with Gasteiger partial charge in [-0.3, -0.25) is 4.98 Å². The first-order valence-electron chi connectivity index (χ1n) is 4.94. The lowest BCUT2D eigenvalue weighted by atomic mass is 10.2. The Morgan fingerprint density at radius 3 is 2.76 bits per heavy atom. The molecule has 2 nitrogen and oxygen atoms in total. The Morgan fingerprint density at radius 1 is 1.18 bits per heavy atom. The number of nitrogens with zero attached hydrogens (tertiary/aromatic N) is 1. The van der Waals surface area contributed by atoms with Gasteiger partial charge in [-0.15, -0.1) is 0 Å². The Hall–Kier alpha value is -0.940. The van der Waals surface area contributed by atoms with Gasteiger partial charge in [-0.25, -0.2) is 4.39 Å². The number of pyridine rings is 1. The average molecular weight is 360 g/mol. The highest BCUT2D eigenvalue weighted by Gasteiger charge is 2.03. The van der Waals surface area contributed by atoms with Crippen LogP contribution in [0.15, 0.2) is 45.6 Å². The van der Waals surface area contributed by atoms with Crippen molar-refractivity contribution in [2.24, 2.45) is 0 Å². The second-order valence-electron chi connectivity index (χ2n) is 3.44. The topological polar surface area (TPSA) is 24.9 Å². The number of hydrogen-bond acceptors (Lipinski definition) is 2. The average Bonchev–Trinajstić information content (AvgIpc) is 2.32. The number of anilines is 1. The van der Waals surface area contributed by atoms with Crippen LogP contribution in [0, 0.1) is 5.82 Å². The van der Waals surface area contributed by atoms with Crippen molar-refractivity contribution >= 4 is 37.5 Å². The molecule has 1 aromatic carbocycles. The number of hydrogen-bond donors (Lipinski definition) is 1. The highest BCUT2D eigenvalue weighted by atomic mass is 79.9. The van der Waals surface area contributed by atoms with Crippen LogP contribution in [0.25, 0.3) is 0 Å². The molecule has 2 aromatic rings. The molecule has 1 aromatic heterocycles. The van der Waals surface area contributed by atoms with Crippen molar-refractivity contribution in [3.63, 3.8) is 0 Å². The lowest BCUT2D eigenvalue weighted by Crippen LogP contribution is -2.01. The van der Waals surface area contributed by atoms with Gasteiger partial charge in [-0.05, 0) is 45.8 Å². The SMILES string of the molecule is Fc1ccc(Br)c(CNc2ccncc2Br)c1. The summed E-state index contributed by atoms with van der Waals surface area (Å²) >= 11 is 6.78. The molecule has 0 atom stereocenters. The van der Waals surface area contributed by atoms with Gasteiger partial charge in [0.2, 0.25) is 0 Å². The highest BCUT2D eigenvalue weighted by Crippen LogP contribution is 2.23. The molecule has 88 valence electrons. The van der Waals surface area contributed by atoms with E-state index in [1.165, 1.54) is 12.1 Å². The van der Waals surface area contributed by atoms with Crippen LogP contribution in [-0.4, -0.2) is 4.98 Å². The summed E-state index contributed by atoms with van der Waals surface area (Å²) in [6, 6.07) is 6.49. The summed E-state index contributed by atoms with van der Waals surface area (Å²) < 4.78 is 14.9. The van der Waals surface area contributed by atoms with E-state index in [9.17, 15) is 4.39 Å². The van der Waals surface area contributed by atoms with Gasteiger partial charge in [0.25, 0.3) is 0 Å². The molecule has 0 radical (unpaired) electrons. The molecule has 0 saturated heterocycles. The lowest BCUT2D eigenvalue weighted by Gasteiger charge is -2.09. The van der Waals surface area contributed by atoms with Crippen LogP contribution < -0.4 is 5.32 Å². The van der Waals surface area contributed by atoms with Crippen molar-refractivity contribution in [1.29, 1.82) is 0 Å². The Balaban J connectivity index is 2.12. The van der Waals surface area contributed by atoms with Gasteiger partial charge in [-0.1, -0.05) is 15.9 Å². The predicted molar refractivity (Wildman–Crippen MR) is 73.4 cm³/mol. The quantitative estimate of drug-likeness (QED) is 0.880. The third-order valence-corrected chi connectivity index (χ3v) is 3.66. The summed E-state index contributed by atoms with van der Waals surface area (Å²) in [6.07, 6.45) is 3.41. The minimum absolute atomic E-state index is 0.237. The lowest BCUT2D eigenvalue weighted by molar-refractivity contribution is 0.625. The second kappa shape index (κ2) is 5.60. The largest absolute Gasteiger partial charge is 0.380 e. The van der Waals surface area contributed by atoms with Crippen LogP contribution in [0.1, 0.15) is 5.56 Å². The summed E-state index contributed by atoms with van der Waals surface area (Å²) in [4.78, 5) is 3.98. The molecule has 0 amide bonds. The Kier molecular flexibility index (Phi) is 4.12. The van der Waals surface area contributed by atoms with Gasteiger partial charge in [0.1, 0.15) is 5.82 Å². The maximum absolute atomic E-state index is 13.1. The fourth-order valence-corrected chi connectivity index (χ4v) is 2.17. The minimum atomic E-state index is -0.237. The zero-order valence-corrected chi connectivity index (χ0v) is 11.9. The number of nitrogens with one attached hydrogen (secondary N) is 1. The van der Waals surface area contributed by atoms with Gasteiger partial charge < -0.3 is 5.32 Å². The molecular weight excluding hydrogens is 351 g/mol. The van der Waals surface area contributed by atoms with E-state index in [2.05, 4.69) is 42.2 Å². The van der Waals surface area contributed by atoms with Crippen molar-refractivity contribution in [2.75, 3.05) is 5.32 Å². The summed E-state index contributed by atoms with van der Waals surface area (Å²) in [5.74, 6) is -0.237. The van der Waals surface area contributed by atoms with Gasteiger partial charge in [-0.2, -0.15) is 0 Å². The van der Waals surface area contributed by atoms with Crippen molar-refractivity contribution < 1.29 is 4.39 Å². The van der Waals surface area contributed by atoms with Crippen LogP contribution >= 0.6 is 31.9 Å². The fourth-order valence-electron chi connectivity index (χ4n) is 1.39. The first-order valence-corrected chi connectivity index (χ1v) is 6.53. The predicted octanol–water partition coefficient (Wildman–Crippen LogP) is 4.36. The maximum Gasteiger partial charge on any atom is 0.123 e. The van der Waals surface area contributed by atoms with Crippen molar-refractivity contribution in [3.8, 4) is 0 Å². The second-order valence-corrected chi connectivity index (χ2v) is 5.15. The molecule has 0 fully saturated rings. The van der Waals surface area contributed by atoms with E-state index in [1.54, 1.807) is 18.5 Å². The number of rotatable bonds is 3. The van der Waals surface area contributed by atoms with Crippen molar-refractivity contribution in [3.05, 3.63) is 57.0 Å². The molecule has 1 N–H and O–H groups in total. The highest BCUT2D eigenvalue weighted by molar-refractivity contribution is 9.10. The number of benzene rings is 1. The Labute approximate surface area is 116 Å². The molecule has 0 unspecified atom stereocenters. The molecule has 0 aliphatic heterocycles. The molecule has 17 heavy (non-hydrogen) atoms. The Morgan fingerprint density at radius 2 is 2.00 bits per heavy atom. The zero-order chi connectivity index (χ0) is 12.3. The first kappa shape index (κ1) is 12.5. The van der Waals surface area contributed by atoms with E-state index in [0.29, 0.717) is 6.54 Å². The van der Waals surface area contributed by atoms with E-state index in [0.717, 1.165) is 20.2 Å². The summed E-state index contributed by atoms with van der Waals surface area (Å²) in [7, 11) is 0. The van der Waals surface area contributed by atoms with Crippen LogP contribution in [0.5, 0.6) is 0 Å².